The maximum atomic E-state index is 12.7. The van der Waals surface area contributed by atoms with Gasteiger partial charge in [-0.25, -0.2) is 0 Å². The predicted octanol–water partition coefficient (Wildman–Crippen LogP) is 3.63. The highest BCUT2D eigenvalue weighted by Gasteiger charge is 2.24. The van der Waals surface area contributed by atoms with E-state index in [9.17, 15) is 4.79 Å². The van der Waals surface area contributed by atoms with Crippen LogP contribution in [0.2, 0.25) is 5.02 Å². The monoisotopic (exact) mass is 390 g/mol. The first kappa shape index (κ1) is 21.9. The lowest BCUT2D eigenvalue weighted by molar-refractivity contribution is 0.0708. The Kier molecular flexibility index (Phi) is 8.83. The van der Waals surface area contributed by atoms with Crippen LogP contribution in [0.15, 0.2) is 12.1 Å². The number of ether oxygens (including phenoxy) is 2. The van der Waals surface area contributed by atoms with Crippen molar-refractivity contribution in [2.75, 3.05) is 33.4 Å². The normalized spacial score (nSPS) is 17.2. The van der Waals surface area contributed by atoms with Crippen molar-refractivity contribution >= 4 is 29.9 Å². The largest absolute Gasteiger partial charge is 0.493 e. The molecule has 0 spiro atoms. The first-order valence-corrected chi connectivity index (χ1v) is 8.83. The molecule has 1 fully saturated rings. The molecular weight excluding hydrogens is 363 g/mol. The number of rotatable bonds is 6. The zero-order chi connectivity index (χ0) is 17.7. The van der Waals surface area contributed by atoms with Crippen molar-refractivity contribution in [1.82, 2.24) is 10.2 Å². The van der Waals surface area contributed by atoms with Crippen molar-refractivity contribution in [1.29, 1.82) is 0 Å². The molecule has 1 aromatic rings. The summed E-state index contributed by atoms with van der Waals surface area (Å²) in [5, 5.41) is 3.74. The second-order valence-corrected chi connectivity index (χ2v) is 7.03. The van der Waals surface area contributed by atoms with E-state index in [0.29, 0.717) is 53.7 Å². The molecule has 1 unspecified atom stereocenters. The molecular formula is C18H28Cl2N2O3. The summed E-state index contributed by atoms with van der Waals surface area (Å²) >= 11 is 6.35. The summed E-state index contributed by atoms with van der Waals surface area (Å²) in [6.07, 6.45) is 0.929. The molecule has 1 saturated heterocycles. The van der Waals surface area contributed by atoms with Crippen molar-refractivity contribution in [3.63, 3.8) is 0 Å². The SMILES string of the molecule is COc1cc(C(=O)N2CCNC(C)C2)cc(Cl)c1OCCC(C)C.Cl. The van der Waals surface area contributed by atoms with Gasteiger partial charge in [-0.2, -0.15) is 0 Å². The van der Waals surface area contributed by atoms with E-state index < -0.39 is 0 Å². The van der Waals surface area contributed by atoms with E-state index in [1.165, 1.54) is 0 Å². The van der Waals surface area contributed by atoms with Crippen LogP contribution in [0.25, 0.3) is 0 Å². The van der Waals surface area contributed by atoms with E-state index in [1.54, 1.807) is 19.2 Å². The molecule has 1 aromatic carbocycles. The number of hydrogen-bond donors (Lipinski definition) is 1. The van der Waals surface area contributed by atoms with E-state index >= 15 is 0 Å². The van der Waals surface area contributed by atoms with E-state index in [0.717, 1.165) is 13.0 Å². The molecule has 0 aliphatic carbocycles. The molecule has 25 heavy (non-hydrogen) atoms. The van der Waals surface area contributed by atoms with Crippen LogP contribution in [0, 0.1) is 5.92 Å². The molecule has 1 aliphatic heterocycles. The maximum Gasteiger partial charge on any atom is 0.254 e. The first-order valence-electron chi connectivity index (χ1n) is 8.45. The van der Waals surface area contributed by atoms with Gasteiger partial charge in [0.1, 0.15) is 0 Å². The van der Waals surface area contributed by atoms with Gasteiger partial charge in [0.15, 0.2) is 11.5 Å². The lowest BCUT2D eigenvalue weighted by Gasteiger charge is -2.32. The van der Waals surface area contributed by atoms with Crippen LogP contribution < -0.4 is 14.8 Å². The Morgan fingerprint density at radius 3 is 2.76 bits per heavy atom. The van der Waals surface area contributed by atoms with E-state index in [2.05, 4.69) is 26.1 Å². The Hall–Kier alpha value is -1.17. The number of methoxy groups -OCH3 is 1. The van der Waals surface area contributed by atoms with Crippen LogP contribution in [0.3, 0.4) is 0 Å². The van der Waals surface area contributed by atoms with Gasteiger partial charge in [0.2, 0.25) is 0 Å². The predicted molar refractivity (Wildman–Crippen MR) is 104 cm³/mol. The van der Waals surface area contributed by atoms with E-state index in [-0.39, 0.29) is 18.3 Å². The molecule has 1 aliphatic rings. The van der Waals surface area contributed by atoms with Crippen LogP contribution in [0.5, 0.6) is 11.5 Å². The molecule has 0 saturated carbocycles. The number of amides is 1. The molecule has 1 atom stereocenters. The third-order valence-corrected chi connectivity index (χ3v) is 4.35. The van der Waals surface area contributed by atoms with E-state index in [1.807, 2.05) is 4.90 Å². The summed E-state index contributed by atoms with van der Waals surface area (Å²) in [6.45, 7) is 9.08. The minimum absolute atomic E-state index is 0. The molecule has 1 amide bonds. The number of benzene rings is 1. The lowest BCUT2D eigenvalue weighted by Crippen LogP contribution is -2.51. The second kappa shape index (κ2) is 10.1. The molecule has 142 valence electrons. The summed E-state index contributed by atoms with van der Waals surface area (Å²) in [5.41, 5.74) is 0.530. The summed E-state index contributed by atoms with van der Waals surface area (Å²) in [4.78, 5) is 14.6. The molecule has 7 heteroatoms. The van der Waals surface area contributed by atoms with Gasteiger partial charge in [-0.3, -0.25) is 4.79 Å². The van der Waals surface area contributed by atoms with Crippen LogP contribution in [-0.4, -0.2) is 50.2 Å². The van der Waals surface area contributed by atoms with Crippen LogP contribution in [0.4, 0.5) is 0 Å². The minimum atomic E-state index is -0.0303. The molecule has 0 radical (unpaired) electrons. The third-order valence-electron chi connectivity index (χ3n) is 4.07. The van der Waals surface area contributed by atoms with Gasteiger partial charge in [0.25, 0.3) is 5.91 Å². The van der Waals surface area contributed by atoms with E-state index in [4.69, 9.17) is 21.1 Å². The van der Waals surface area contributed by atoms with Crippen molar-refractivity contribution in [2.45, 2.75) is 33.2 Å². The van der Waals surface area contributed by atoms with Gasteiger partial charge in [0.05, 0.1) is 18.7 Å². The number of nitrogens with one attached hydrogen (secondary N) is 1. The number of hydrogen-bond acceptors (Lipinski definition) is 4. The van der Waals surface area contributed by atoms with Crippen LogP contribution in [-0.2, 0) is 0 Å². The highest BCUT2D eigenvalue weighted by Crippen LogP contribution is 2.37. The van der Waals surface area contributed by atoms with Crippen molar-refractivity contribution in [3.8, 4) is 11.5 Å². The van der Waals surface area contributed by atoms with Crippen molar-refractivity contribution < 1.29 is 14.3 Å². The number of nitrogens with zero attached hydrogens (tertiary/aromatic N) is 1. The molecule has 1 heterocycles. The summed E-state index contributed by atoms with van der Waals surface area (Å²) in [6, 6.07) is 3.67. The Labute approximate surface area is 161 Å². The fourth-order valence-corrected chi connectivity index (χ4v) is 2.94. The smallest absolute Gasteiger partial charge is 0.254 e. The maximum absolute atomic E-state index is 12.7. The molecule has 1 N–H and O–H groups in total. The fourth-order valence-electron chi connectivity index (χ4n) is 2.68. The Morgan fingerprint density at radius 1 is 1.44 bits per heavy atom. The summed E-state index contributed by atoms with van der Waals surface area (Å²) < 4.78 is 11.2. The van der Waals surface area contributed by atoms with Crippen molar-refractivity contribution in [2.24, 2.45) is 5.92 Å². The van der Waals surface area contributed by atoms with Gasteiger partial charge in [-0.15, -0.1) is 12.4 Å². The highest BCUT2D eigenvalue weighted by molar-refractivity contribution is 6.32. The number of carbonyl (C=O) groups excluding carboxylic acids is 1. The quantitative estimate of drug-likeness (QED) is 0.805. The average molecular weight is 391 g/mol. The van der Waals surface area contributed by atoms with Crippen molar-refractivity contribution in [3.05, 3.63) is 22.7 Å². The van der Waals surface area contributed by atoms with Gasteiger partial charge >= 0.3 is 0 Å². The Balaban J connectivity index is 0.00000312. The second-order valence-electron chi connectivity index (χ2n) is 6.63. The van der Waals surface area contributed by atoms with Gasteiger partial charge in [-0.05, 0) is 31.4 Å². The van der Waals surface area contributed by atoms with Gasteiger partial charge < -0.3 is 19.7 Å². The Bertz CT molecular complexity index is 582. The van der Waals surface area contributed by atoms with Gasteiger partial charge in [0, 0.05) is 31.2 Å². The molecule has 0 aromatic heterocycles. The topological polar surface area (TPSA) is 50.8 Å². The average Bonchev–Trinajstić information content (AvgIpc) is 2.55. The third kappa shape index (κ3) is 5.94. The first-order chi connectivity index (χ1) is 11.4. The summed E-state index contributed by atoms with van der Waals surface area (Å²) in [5.74, 6) is 1.52. The van der Waals surface area contributed by atoms with Crippen LogP contribution in [0.1, 0.15) is 37.6 Å². The zero-order valence-electron chi connectivity index (χ0n) is 15.3. The number of piperazine rings is 1. The summed E-state index contributed by atoms with van der Waals surface area (Å²) in [7, 11) is 1.56. The molecule has 0 bridgehead atoms. The van der Waals surface area contributed by atoms with Gasteiger partial charge in [-0.1, -0.05) is 25.4 Å². The zero-order valence-corrected chi connectivity index (χ0v) is 16.9. The minimum Gasteiger partial charge on any atom is -0.493 e. The Morgan fingerprint density at radius 2 is 2.16 bits per heavy atom. The number of halogens is 2. The van der Waals surface area contributed by atoms with Crippen LogP contribution >= 0.6 is 24.0 Å². The number of carbonyl (C=O) groups is 1. The molecule has 2 rings (SSSR count). The lowest BCUT2D eigenvalue weighted by atomic mass is 10.1. The molecule has 5 nitrogen and oxygen atoms in total. The highest BCUT2D eigenvalue weighted by atomic mass is 35.5. The fraction of sp³-hybridized carbons (Fsp3) is 0.611. The standard InChI is InChI=1S/C18H27ClN2O3.ClH/c1-12(2)5-8-24-17-15(19)9-14(10-16(17)23-4)18(22)21-7-6-20-13(3)11-21;/h9-10,12-13,20H,5-8,11H2,1-4H3;1H.